The summed E-state index contributed by atoms with van der Waals surface area (Å²) in [5.41, 5.74) is 1.36. The summed E-state index contributed by atoms with van der Waals surface area (Å²) in [6, 6.07) is 18.6. The van der Waals surface area contributed by atoms with Crippen molar-refractivity contribution >= 4 is 11.8 Å². The van der Waals surface area contributed by atoms with Gasteiger partial charge >= 0.3 is 5.63 Å². The summed E-state index contributed by atoms with van der Waals surface area (Å²) in [4.78, 5) is 13.5. The Balaban J connectivity index is 2.00. The van der Waals surface area contributed by atoms with Crippen LogP contribution in [0.2, 0.25) is 0 Å². The van der Waals surface area contributed by atoms with Crippen LogP contribution in [0, 0.1) is 0 Å². The lowest BCUT2D eigenvalue weighted by Gasteiger charge is -2.08. The van der Waals surface area contributed by atoms with Gasteiger partial charge in [-0.1, -0.05) is 67.2 Å². The molecule has 0 bridgehead atoms. The quantitative estimate of drug-likeness (QED) is 0.754. The van der Waals surface area contributed by atoms with Crippen molar-refractivity contribution in [3.63, 3.8) is 0 Å². The van der Waals surface area contributed by atoms with Gasteiger partial charge in [-0.05, 0) is 18.1 Å². The molecule has 0 amide bonds. The molecule has 0 unspecified atom stereocenters. The van der Waals surface area contributed by atoms with E-state index in [0.717, 1.165) is 22.4 Å². The number of hydrogen-bond donors (Lipinski definition) is 1. The summed E-state index contributed by atoms with van der Waals surface area (Å²) >= 11 is 1.24. The van der Waals surface area contributed by atoms with Crippen molar-refractivity contribution in [2.45, 2.75) is 23.1 Å². The molecular formula is C19H16O3S. The van der Waals surface area contributed by atoms with E-state index in [9.17, 15) is 9.90 Å². The van der Waals surface area contributed by atoms with Gasteiger partial charge in [0, 0.05) is 16.5 Å². The predicted molar refractivity (Wildman–Crippen MR) is 92.0 cm³/mol. The molecule has 116 valence electrons. The second kappa shape index (κ2) is 6.75. The van der Waals surface area contributed by atoms with Crippen molar-refractivity contribution in [3.05, 3.63) is 76.6 Å². The van der Waals surface area contributed by atoms with E-state index in [1.54, 1.807) is 0 Å². The second-order valence-electron chi connectivity index (χ2n) is 5.04. The number of aryl methyl sites for hydroxylation is 1. The Labute approximate surface area is 138 Å². The molecule has 0 atom stereocenters. The maximum Gasteiger partial charge on any atom is 0.354 e. The summed E-state index contributed by atoms with van der Waals surface area (Å²) in [5.74, 6) is 0.303. The van der Waals surface area contributed by atoms with Crippen LogP contribution in [0.4, 0.5) is 0 Å². The van der Waals surface area contributed by atoms with Gasteiger partial charge in [-0.3, -0.25) is 0 Å². The highest BCUT2D eigenvalue weighted by Crippen LogP contribution is 2.35. The van der Waals surface area contributed by atoms with Gasteiger partial charge in [0.1, 0.15) is 16.4 Å². The lowest BCUT2D eigenvalue weighted by Crippen LogP contribution is -2.03. The van der Waals surface area contributed by atoms with Gasteiger partial charge in [-0.15, -0.1) is 0 Å². The second-order valence-corrected chi connectivity index (χ2v) is 6.09. The molecule has 1 heterocycles. The van der Waals surface area contributed by atoms with Crippen LogP contribution >= 0.6 is 11.8 Å². The van der Waals surface area contributed by atoms with Gasteiger partial charge in [0.25, 0.3) is 0 Å². The molecule has 3 aromatic rings. The van der Waals surface area contributed by atoms with Crippen LogP contribution in [0.5, 0.6) is 5.75 Å². The Morgan fingerprint density at radius 1 is 1.04 bits per heavy atom. The molecule has 0 aliphatic carbocycles. The summed E-state index contributed by atoms with van der Waals surface area (Å²) in [6.07, 6.45) is 0.858. The van der Waals surface area contributed by atoms with Crippen molar-refractivity contribution in [2.75, 3.05) is 0 Å². The van der Waals surface area contributed by atoms with Crippen molar-refractivity contribution < 1.29 is 9.52 Å². The highest BCUT2D eigenvalue weighted by atomic mass is 32.2. The molecule has 1 N–H and O–H groups in total. The van der Waals surface area contributed by atoms with E-state index in [1.807, 2.05) is 54.6 Å². The monoisotopic (exact) mass is 324 g/mol. The molecule has 0 saturated heterocycles. The zero-order valence-electron chi connectivity index (χ0n) is 12.7. The molecule has 4 heteroatoms. The fourth-order valence-electron chi connectivity index (χ4n) is 2.31. The molecule has 3 rings (SSSR count). The SMILES string of the molecule is CCc1ccccc1Sc1c(O)cc(-c2ccccc2)oc1=O. The Morgan fingerprint density at radius 2 is 1.74 bits per heavy atom. The van der Waals surface area contributed by atoms with Gasteiger partial charge in [0.15, 0.2) is 0 Å². The fourth-order valence-corrected chi connectivity index (χ4v) is 3.31. The Bertz CT molecular complexity index is 869. The smallest absolute Gasteiger partial charge is 0.354 e. The van der Waals surface area contributed by atoms with Gasteiger partial charge < -0.3 is 9.52 Å². The molecule has 0 radical (unpaired) electrons. The Morgan fingerprint density at radius 3 is 2.43 bits per heavy atom. The van der Waals surface area contributed by atoms with Crippen LogP contribution in [-0.2, 0) is 6.42 Å². The van der Waals surface area contributed by atoms with Crippen molar-refractivity contribution in [3.8, 4) is 17.1 Å². The van der Waals surface area contributed by atoms with Gasteiger partial charge in [-0.2, -0.15) is 0 Å². The van der Waals surface area contributed by atoms with Crippen LogP contribution in [0.1, 0.15) is 12.5 Å². The molecular weight excluding hydrogens is 308 g/mol. The third-order valence-corrected chi connectivity index (χ3v) is 4.71. The third kappa shape index (κ3) is 3.32. The lowest BCUT2D eigenvalue weighted by molar-refractivity contribution is 0.430. The average molecular weight is 324 g/mol. The Kier molecular flexibility index (Phi) is 4.53. The summed E-state index contributed by atoms with van der Waals surface area (Å²) in [7, 11) is 0. The van der Waals surface area contributed by atoms with Gasteiger partial charge in [0.05, 0.1) is 0 Å². The largest absolute Gasteiger partial charge is 0.506 e. The topological polar surface area (TPSA) is 50.4 Å². The van der Waals surface area contributed by atoms with Crippen molar-refractivity contribution in [1.29, 1.82) is 0 Å². The van der Waals surface area contributed by atoms with E-state index in [0.29, 0.717) is 5.76 Å². The highest BCUT2D eigenvalue weighted by molar-refractivity contribution is 7.99. The summed E-state index contributed by atoms with van der Waals surface area (Å²) in [5, 5.41) is 10.3. The molecule has 0 spiro atoms. The lowest BCUT2D eigenvalue weighted by atomic mass is 10.1. The van der Waals surface area contributed by atoms with Gasteiger partial charge in [-0.25, -0.2) is 4.79 Å². The summed E-state index contributed by atoms with van der Waals surface area (Å²) in [6.45, 7) is 2.06. The molecule has 2 aromatic carbocycles. The molecule has 0 fully saturated rings. The van der Waals surface area contributed by atoms with E-state index in [-0.39, 0.29) is 10.6 Å². The molecule has 0 aliphatic rings. The first-order valence-corrected chi connectivity index (χ1v) is 8.19. The number of aromatic hydroxyl groups is 1. The standard InChI is InChI=1S/C19H16O3S/c1-2-13-8-6-7-11-17(13)23-18-15(20)12-16(22-19(18)21)14-9-4-3-5-10-14/h3-12,20H,2H2,1H3. The zero-order chi connectivity index (χ0) is 16.2. The van der Waals surface area contributed by atoms with E-state index in [1.165, 1.54) is 17.8 Å². The summed E-state index contributed by atoms with van der Waals surface area (Å²) < 4.78 is 5.38. The predicted octanol–water partition coefficient (Wildman–Crippen LogP) is 4.73. The van der Waals surface area contributed by atoms with E-state index in [2.05, 4.69) is 6.92 Å². The minimum Gasteiger partial charge on any atom is -0.506 e. The minimum absolute atomic E-state index is 0.0593. The fraction of sp³-hybridized carbons (Fsp3) is 0.105. The third-order valence-electron chi connectivity index (χ3n) is 3.51. The van der Waals surface area contributed by atoms with Gasteiger partial charge in [0.2, 0.25) is 0 Å². The maximum absolute atomic E-state index is 12.3. The number of rotatable bonds is 4. The molecule has 0 saturated carbocycles. The number of hydrogen-bond acceptors (Lipinski definition) is 4. The van der Waals surface area contributed by atoms with Crippen molar-refractivity contribution in [2.24, 2.45) is 0 Å². The van der Waals surface area contributed by atoms with Crippen LogP contribution in [0.15, 0.2) is 79.7 Å². The van der Waals surface area contributed by atoms with E-state index < -0.39 is 5.63 Å². The maximum atomic E-state index is 12.3. The molecule has 0 aliphatic heterocycles. The first-order chi connectivity index (χ1) is 11.2. The molecule has 3 nitrogen and oxygen atoms in total. The molecule has 23 heavy (non-hydrogen) atoms. The first kappa shape index (κ1) is 15.4. The minimum atomic E-state index is -0.528. The average Bonchev–Trinajstić information content (AvgIpc) is 2.59. The number of benzene rings is 2. The van der Waals surface area contributed by atoms with E-state index in [4.69, 9.17) is 4.42 Å². The van der Waals surface area contributed by atoms with Crippen LogP contribution in [-0.4, -0.2) is 5.11 Å². The van der Waals surface area contributed by atoms with Crippen LogP contribution in [0.3, 0.4) is 0 Å². The highest BCUT2D eigenvalue weighted by Gasteiger charge is 2.15. The normalized spacial score (nSPS) is 10.7. The van der Waals surface area contributed by atoms with Crippen LogP contribution in [0.25, 0.3) is 11.3 Å². The first-order valence-electron chi connectivity index (χ1n) is 7.37. The Hall–Kier alpha value is -2.46. The zero-order valence-corrected chi connectivity index (χ0v) is 13.5. The van der Waals surface area contributed by atoms with Crippen molar-refractivity contribution in [1.82, 2.24) is 0 Å². The van der Waals surface area contributed by atoms with Crippen LogP contribution < -0.4 is 5.63 Å². The van der Waals surface area contributed by atoms with E-state index >= 15 is 0 Å². The molecule has 1 aromatic heterocycles.